The molecule has 0 spiro atoms. The van der Waals surface area contributed by atoms with Crippen molar-refractivity contribution in [3.8, 4) is 0 Å². The van der Waals surface area contributed by atoms with Gasteiger partial charge < -0.3 is 5.32 Å². The quantitative estimate of drug-likeness (QED) is 0.766. The summed E-state index contributed by atoms with van der Waals surface area (Å²) in [5.41, 5.74) is 2.91. The predicted molar refractivity (Wildman–Crippen MR) is 87.0 cm³/mol. The summed E-state index contributed by atoms with van der Waals surface area (Å²) in [5, 5.41) is 3.51. The third-order valence-corrected chi connectivity index (χ3v) is 4.02. The largest absolute Gasteiger partial charge is 0.316 e. The van der Waals surface area contributed by atoms with Crippen molar-refractivity contribution in [1.29, 1.82) is 0 Å². The molecule has 1 aliphatic heterocycles. The van der Waals surface area contributed by atoms with Crippen LogP contribution in [0.3, 0.4) is 0 Å². The molecule has 1 aromatic rings. The van der Waals surface area contributed by atoms with E-state index in [-0.39, 0.29) is 0 Å². The molecule has 2 heteroatoms. The van der Waals surface area contributed by atoms with Gasteiger partial charge in [-0.2, -0.15) is 0 Å². The minimum absolute atomic E-state index is 0.738. The fraction of sp³-hybridized carbons (Fsp3) is 0.667. The van der Waals surface area contributed by atoms with E-state index in [0.717, 1.165) is 32.0 Å². The van der Waals surface area contributed by atoms with Gasteiger partial charge in [0.25, 0.3) is 0 Å². The van der Waals surface area contributed by atoms with E-state index in [2.05, 4.69) is 48.3 Å². The Morgan fingerprint density at radius 2 is 1.65 bits per heavy atom. The van der Waals surface area contributed by atoms with Gasteiger partial charge in [0, 0.05) is 6.54 Å². The maximum Gasteiger partial charge on any atom is 0.0233 e. The number of likely N-dealkylation sites (tertiary alicyclic amines) is 1. The van der Waals surface area contributed by atoms with E-state index in [4.69, 9.17) is 0 Å². The topological polar surface area (TPSA) is 15.3 Å². The van der Waals surface area contributed by atoms with E-state index in [1.165, 1.54) is 43.5 Å². The molecule has 1 aromatic carbocycles. The molecule has 0 amide bonds. The lowest BCUT2D eigenvalue weighted by atomic mass is 10.1. The molecule has 1 aliphatic rings. The minimum Gasteiger partial charge on any atom is -0.316 e. The summed E-state index contributed by atoms with van der Waals surface area (Å²) in [7, 11) is 0. The standard InChI is InChI=1S/C18H30N2/c1-16(2)14-19-11-10-17-6-8-18(9-7-17)15-20-12-4-3-5-13-20/h6-9,16,19H,3-5,10-15H2,1-2H3. The van der Waals surface area contributed by atoms with Crippen LogP contribution < -0.4 is 5.32 Å². The van der Waals surface area contributed by atoms with Crippen molar-refractivity contribution in [2.75, 3.05) is 26.2 Å². The molecule has 1 N–H and O–H groups in total. The second-order valence-electron chi connectivity index (χ2n) is 6.50. The van der Waals surface area contributed by atoms with Gasteiger partial charge in [0.1, 0.15) is 0 Å². The average molecular weight is 274 g/mol. The van der Waals surface area contributed by atoms with Gasteiger partial charge in [0.15, 0.2) is 0 Å². The molecule has 0 aromatic heterocycles. The highest BCUT2D eigenvalue weighted by Gasteiger charge is 2.09. The molecule has 0 bridgehead atoms. The lowest BCUT2D eigenvalue weighted by molar-refractivity contribution is 0.221. The number of hydrogen-bond acceptors (Lipinski definition) is 2. The molecule has 0 saturated carbocycles. The summed E-state index contributed by atoms with van der Waals surface area (Å²) in [6, 6.07) is 9.23. The first-order chi connectivity index (χ1) is 9.74. The maximum atomic E-state index is 3.51. The molecule has 0 aliphatic carbocycles. The fourth-order valence-electron chi connectivity index (χ4n) is 2.81. The molecule has 0 radical (unpaired) electrons. The Morgan fingerprint density at radius 1 is 1.00 bits per heavy atom. The van der Waals surface area contributed by atoms with Gasteiger partial charge in [-0.05, 0) is 62.5 Å². The highest BCUT2D eigenvalue weighted by atomic mass is 15.1. The van der Waals surface area contributed by atoms with E-state index in [1.807, 2.05) is 0 Å². The van der Waals surface area contributed by atoms with Crippen LogP contribution in [0, 0.1) is 5.92 Å². The van der Waals surface area contributed by atoms with E-state index in [0.29, 0.717) is 0 Å². The zero-order valence-electron chi connectivity index (χ0n) is 13.2. The summed E-state index contributed by atoms with van der Waals surface area (Å²) < 4.78 is 0. The summed E-state index contributed by atoms with van der Waals surface area (Å²) in [6.07, 6.45) is 5.30. The van der Waals surface area contributed by atoms with Gasteiger partial charge >= 0.3 is 0 Å². The first-order valence-corrected chi connectivity index (χ1v) is 8.25. The Hall–Kier alpha value is -0.860. The Kier molecular flexibility index (Phi) is 6.55. The van der Waals surface area contributed by atoms with Gasteiger partial charge in [-0.15, -0.1) is 0 Å². The molecule has 2 nitrogen and oxygen atoms in total. The zero-order chi connectivity index (χ0) is 14.2. The molecule has 20 heavy (non-hydrogen) atoms. The fourth-order valence-corrected chi connectivity index (χ4v) is 2.81. The van der Waals surface area contributed by atoms with Crippen molar-refractivity contribution < 1.29 is 0 Å². The van der Waals surface area contributed by atoms with Gasteiger partial charge in [-0.3, -0.25) is 4.90 Å². The van der Waals surface area contributed by atoms with Crippen molar-refractivity contribution in [1.82, 2.24) is 10.2 Å². The number of nitrogens with zero attached hydrogens (tertiary/aromatic N) is 1. The number of rotatable bonds is 7. The van der Waals surface area contributed by atoms with Crippen LogP contribution in [0.25, 0.3) is 0 Å². The third-order valence-electron chi connectivity index (χ3n) is 4.02. The van der Waals surface area contributed by atoms with Crippen LogP contribution in [0.15, 0.2) is 24.3 Å². The van der Waals surface area contributed by atoms with Crippen molar-refractivity contribution in [3.05, 3.63) is 35.4 Å². The van der Waals surface area contributed by atoms with Crippen molar-refractivity contribution in [2.45, 2.75) is 46.1 Å². The van der Waals surface area contributed by atoms with Crippen LogP contribution in [-0.4, -0.2) is 31.1 Å². The molecule has 1 heterocycles. The van der Waals surface area contributed by atoms with Gasteiger partial charge in [0.2, 0.25) is 0 Å². The number of benzene rings is 1. The minimum atomic E-state index is 0.738. The molecule has 2 rings (SSSR count). The van der Waals surface area contributed by atoms with Crippen molar-refractivity contribution in [3.63, 3.8) is 0 Å². The van der Waals surface area contributed by atoms with Gasteiger partial charge in [-0.25, -0.2) is 0 Å². The Bertz CT molecular complexity index is 364. The number of nitrogens with one attached hydrogen (secondary N) is 1. The van der Waals surface area contributed by atoms with Gasteiger partial charge in [0.05, 0.1) is 0 Å². The number of piperidine rings is 1. The SMILES string of the molecule is CC(C)CNCCc1ccc(CN2CCCCC2)cc1. The van der Waals surface area contributed by atoms with E-state index < -0.39 is 0 Å². The van der Waals surface area contributed by atoms with Crippen LogP contribution in [0.5, 0.6) is 0 Å². The lowest BCUT2D eigenvalue weighted by Gasteiger charge is -2.26. The molecule has 1 saturated heterocycles. The van der Waals surface area contributed by atoms with Crippen molar-refractivity contribution >= 4 is 0 Å². The molecular formula is C18H30N2. The summed E-state index contributed by atoms with van der Waals surface area (Å²) >= 11 is 0. The predicted octanol–water partition coefficient (Wildman–Crippen LogP) is 3.46. The monoisotopic (exact) mass is 274 g/mol. The van der Waals surface area contributed by atoms with E-state index in [1.54, 1.807) is 0 Å². The Labute approximate surface area is 124 Å². The average Bonchev–Trinajstić information content (AvgIpc) is 2.46. The summed E-state index contributed by atoms with van der Waals surface area (Å²) in [6.45, 7) is 10.4. The molecular weight excluding hydrogens is 244 g/mol. The summed E-state index contributed by atoms with van der Waals surface area (Å²) in [4.78, 5) is 2.59. The van der Waals surface area contributed by atoms with E-state index in [9.17, 15) is 0 Å². The smallest absolute Gasteiger partial charge is 0.0233 e. The highest BCUT2D eigenvalue weighted by molar-refractivity contribution is 5.22. The zero-order valence-corrected chi connectivity index (χ0v) is 13.2. The molecule has 0 unspecified atom stereocenters. The molecule has 0 atom stereocenters. The van der Waals surface area contributed by atoms with E-state index >= 15 is 0 Å². The van der Waals surface area contributed by atoms with Crippen molar-refractivity contribution in [2.24, 2.45) is 5.92 Å². The van der Waals surface area contributed by atoms with Crippen LogP contribution >= 0.6 is 0 Å². The normalized spacial score (nSPS) is 16.8. The Morgan fingerprint density at radius 3 is 2.30 bits per heavy atom. The first kappa shape index (κ1) is 15.5. The molecule has 112 valence electrons. The second kappa shape index (κ2) is 8.43. The number of hydrogen-bond donors (Lipinski definition) is 1. The van der Waals surface area contributed by atoms with Crippen LogP contribution in [0.1, 0.15) is 44.2 Å². The second-order valence-corrected chi connectivity index (χ2v) is 6.50. The van der Waals surface area contributed by atoms with Crippen LogP contribution in [-0.2, 0) is 13.0 Å². The maximum absolute atomic E-state index is 3.51. The third kappa shape index (κ3) is 5.64. The lowest BCUT2D eigenvalue weighted by Crippen LogP contribution is -2.29. The first-order valence-electron chi connectivity index (χ1n) is 8.25. The Balaban J connectivity index is 1.71. The van der Waals surface area contributed by atoms with Gasteiger partial charge in [-0.1, -0.05) is 44.5 Å². The molecule has 1 fully saturated rings. The highest BCUT2D eigenvalue weighted by Crippen LogP contribution is 2.13. The van der Waals surface area contributed by atoms with Crippen LogP contribution in [0.2, 0.25) is 0 Å². The summed E-state index contributed by atoms with van der Waals surface area (Å²) in [5.74, 6) is 0.738. The van der Waals surface area contributed by atoms with Crippen LogP contribution in [0.4, 0.5) is 0 Å².